The molecule has 2 N–H and O–H groups in total. The zero-order valence-electron chi connectivity index (χ0n) is 42.7. The van der Waals surface area contributed by atoms with Crippen molar-refractivity contribution in [1.82, 2.24) is 20.4 Å². The lowest BCUT2D eigenvalue weighted by Gasteiger charge is -2.42. The van der Waals surface area contributed by atoms with Gasteiger partial charge in [-0.15, -0.1) is 0 Å². The monoisotopic (exact) mass is 1070 g/mol. The van der Waals surface area contributed by atoms with E-state index in [0.29, 0.717) is 11.1 Å². The number of alkyl halides is 6. The van der Waals surface area contributed by atoms with Crippen molar-refractivity contribution in [3.63, 3.8) is 0 Å². The number of rotatable bonds is 18. The first-order valence-electron chi connectivity index (χ1n) is 24.0. The molecule has 0 fully saturated rings. The first-order chi connectivity index (χ1) is 36.3. The number of carbonyl (C=O) groups is 6. The summed E-state index contributed by atoms with van der Waals surface area (Å²) in [6, 6.07) is 19.0. The number of nitriles is 2. The smallest absolute Gasteiger partial charge is 0.416 e. The zero-order chi connectivity index (χ0) is 56.6. The molecule has 0 spiro atoms. The molecule has 2 atom stereocenters. The number of urea groups is 2. The van der Waals surface area contributed by atoms with Crippen molar-refractivity contribution in [2.45, 2.75) is 52.1 Å². The number of hydrogen-bond donors (Lipinski definition) is 2. The van der Waals surface area contributed by atoms with Crippen LogP contribution in [0.2, 0.25) is 0 Å². The van der Waals surface area contributed by atoms with Crippen molar-refractivity contribution in [2.75, 3.05) is 76.4 Å². The highest BCUT2D eigenvalue weighted by atomic mass is 19.4. The third-order valence-corrected chi connectivity index (χ3v) is 12.8. The van der Waals surface area contributed by atoms with Crippen LogP contribution in [-0.2, 0) is 41.0 Å². The van der Waals surface area contributed by atoms with Gasteiger partial charge in [-0.1, -0.05) is 36.4 Å². The second-order valence-corrected chi connectivity index (χ2v) is 18.4. The van der Waals surface area contributed by atoms with Crippen molar-refractivity contribution in [3.05, 3.63) is 153 Å². The van der Waals surface area contributed by atoms with Gasteiger partial charge in [-0.3, -0.25) is 19.4 Å². The molecule has 4 aromatic rings. The summed E-state index contributed by atoms with van der Waals surface area (Å²) in [4.78, 5) is 88.2. The summed E-state index contributed by atoms with van der Waals surface area (Å²) in [6.45, 7) is 4.65. The van der Waals surface area contributed by atoms with Crippen LogP contribution in [0.5, 0.6) is 0 Å². The van der Waals surface area contributed by atoms with Crippen LogP contribution in [0, 0.1) is 22.7 Å². The number of esters is 2. The third kappa shape index (κ3) is 13.2. The van der Waals surface area contributed by atoms with E-state index in [1.54, 1.807) is 27.9 Å². The number of anilines is 2. The first-order valence-corrected chi connectivity index (χ1v) is 24.0. The Morgan fingerprint density at radius 1 is 0.597 bits per heavy atom. The van der Waals surface area contributed by atoms with Crippen LogP contribution in [0.4, 0.5) is 47.3 Å². The molecule has 2 heterocycles. The lowest BCUT2D eigenvalue weighted by Crippen LogP contribution is -2.55. The van der Waals surface area contributed by atoms with E-state index in [4.69, 9.17) is 9.47 Å². The van der Waals surface area contributed by atoms with E-state index >= 15 is 0 Å². The number of halogens is 6. The fourth-order valence-corrected chi connectivity index (χ4v) is 8.92. The molecular weight excluding hydrogens is 1020 g/mol. The van der Waals surface area contributed by atoms with Gasteiger partial charge in [-0.05, 0) is 99.5 Å². The Morgan fingerprint density at radius 2 is 0.948 bits per heavy atom. The minimum absolute atomic E-state index is 0.0114. The Morgan fingerprint density at radius 3 is 1.26 bits per heavy atom. The second kappa shape index (κ2) is 23.9. The Bertz CT molecular complexity index is 2870. The van der Waals surface area contributed by atoms with Crippen LogP contribution in [0.25, 0.3) is 0 Å². The number of hydrogen-bond acceptors (Lipinski definition) is 10. The number of benzene rings is 4. The summed E-state index contributed by atoms with van der Waals surface area (Å²) in [5.41, 5.74) is -1.92. The molecule has 6 amide bonds. The van der Waals surface area contributed by atoms with Gasteiger partial charge in [0.2, 0.25) is 11.8 Å². The van der Waals surface area contributed by atoms with E-state index in [0.717, 1.165) is 56.0 Å². The normalized spacial score (nSPS) is 16.2. The van der Waals surface area contributed by atoms with Crippen molar-refractivity contribution < 1.29 is 69.1 Å². The van der Waals surface area contributed by atoms with Gasteiger partial charge < -0.3 is 34.4 Å². The van der Waals surface area contributed by atoms with Gasteiger partial charge >= 0.3 is 36.4 Å². The number of nitrogens with zero attached hydrogens (tertiary/aromatic N) is 7. The lowest BCUT2D eigenvalue weighted by atomic mass is 9.92. The van der Waals surface area contributed by atoms with Crippen molar-refractivity contribution in [1.29, 1.82) is 10.5 Å². The minimum atomic E-state index is -4.79. The molecule has 1 unspecified atom stereocenters. The van der Waals surface area contributed by atoms with Crippen LogP contribution in [0.1, 0.15) is 73.2 Å². The average molecular weight is 1070 g/mol. The van der Waals surface area contributed by atoms with Gasteiger partial charge in [-0.2, -0.15) is 36.9 Å². The molecule has 0 saturated carbocycles. The molecule has 77 heavy (non-hydrogen) atoms. The van der Waals surface area contributed by atoms with Crippen molar-refractivity contribution >= 4 is 47.2 Å². The average Bonchev–Trinajstić information content (AvgIpc) is 3.38. The Labute approximate surface area is 439 Å². The Balaban J connectivity index is 1.19. The number of carbonyl (C=O) groups excluding carboxylic acids is 6. The predicted molar refractivity (Wildman–Crippen MR) is 266 cm³/mol. The number of likely N-dealkylation sites (N-methyl/N-ethyl adjacent to an activating group) is 1. The van der Waals surface area contributed by atoms with Gasteiger partial charge in [0.1, 0.15) is 13.1 Å². The van der Waals surface area contributed by atoms with Crippen LogP contribution in [0.3, 0.4) is 0 Å². The number of amides is 6. The maximum atomic E-state index is 14.6. The van der Waals surface area contributed by atoms with E-state index in [1.165, 1.54) is 74.5 Å². The van der Waals surface area contributed by atoms with Crippen LogP contribution in [0.15, 0.2) is 120 Å². The zero-order valence-corrected chi connectivity index (χ0v) is 42.7. The molecule has 0 saturated heterocycles. The van der Waals surface area contributed by atoms with Crippen LogP contribution >= 0.6 is 0 Å². The number of quaternary nitrogens is 1. The molecule has 2 aliphatic rings. The Hall–Kier alpha value is -8.70. The Kier molecular flexibility index (Phi) is 17.9. The molecule has 2 aliphatic heterocycles. The highest BCUT2D eigenvalue weighted by Crippen LogP contribution is 2.43. The van der Waals surface area contributed by atoms with Gasteiger partial charge in [0.15, 0.2) is 0 Å². The molecule has 0 aromatic heterocycles. The summed E-state index contributed by atoms with van der Waals surface area (Å²) in [5.74, 6) is -3.24. The summed E-state index contributed by atoms with van der Waals surface area (Å²) in [7, 11) is 3.56. The fourth-order valence-electron chi connectivity index (χ4n) is 8.92. The summed E-state index contributed by atoms with van der Waals surface area (Å²) in [5, 5.41) is 24.5. The molecule has 404 valence electrons. The lowest BCUT2D eigenvalue weighted by molar-refractivity contribution is -0.887. The molecule has 0 aliphatic carbocycles. The van der Waals surface area contributed by atoms with Crippen molar-refractivity contribution in [3.8, 4) is 12.1 Å². The number of nitrogens with one attached hydrogen (secondary N) is 2. The topological polar surface area (TPSA) is 205 Å². The van der Waals surface area contributed by atoms with Crippen LogP contribution in [-0.4, -0.2) is 117 Å². The maximum absolute atomic E-state index is 14.6. The SMILES string of the molecule is CCOC(=O)C1=C(C)N(c2cccc(C(F)(F)F)c2)C(=O)N(CC(=O)NCC[N+](C)(C)CCNC(=O)CN2C(=O)N(c3cccc(C(F)(F)F)c3)C(C)=C(C(=O)OCC)[C@H]2c2ccc(C#N)cc2)C1c1ccc(C#N)cc1. The predicted octanol–water partition coefficient (Wildman–Crippen LogP) is 8.12. The third-order valence-electron chi connectivity index (χ3n) is 12.8. The van der Waals surface area contributed by atoms with E-state index < -0.39 is 84.5 Å². The molecule has 6 rings (SSSR count). The maximum Gasteiger partial charge on any atom is 0.416 e. The second-order valence-electron chi connectivity index (χ2n) is 18.4. The van der Waals surface area contributed by atoms with Crippen LogP contribution < -0.4 is 20.4 Å². The van der Waals surface area contributed by atoms with Gasteiger partial charge in [0.05, 0.1) is 122 Å². The summed E-state index contributed by atoms with van der Waals surface area (Å²) in [6.07, 6.45) is -9.58. The molecule has 23 heteroatoms. The standard InChI is InChI=1S/C54H53F6N9O8/c1-7-76-49(72)45-33(3)67(41-13-9-11-39(27-41)53(55,56)57)51(74)65(47(45)37-19-15-35(29-61)16-20-37)31-43(70)63-23-25-69(5,6)26-24-64-44(71)32-66-48(38-21-17-36(30-62)18-22-38)46(50(73)77-8-2)34(4)68(52(66)75)42-14-10-12-40(28-42)54(58,59)60/h9-22,27-28,47-48H,7-8,23-26,31-32H2,1-6H3,(H-,63,64,70,71)/p+1/t47-,48?/m1/s1. The highest BCUT2D eigenvalue weighted by Gasteiger charge is 2.46. The summed E-state index contributed by atoms with van der Waals surface area (Å²) < 4.78 is 94.5. The molecule has 17 nitrogen and oxygen atoms in total. The minimum Gasteiger partial charge on any atom is -0.463 e. The first kappa shape index (κ1) is 57.6. The number of ether oxygens (including phenoxy) is 2. The number of allylic oxidation sites excluding steroid dienone is 2. The molecule has 0 bridgehead atoms. The largest absolute Gasteiger partial charge is 0.463 e. The van der Waals surface area contributed by atoms with Gasteiger partial charge in [0, 0.05) is 11.4 Å². The molecular formula is C54H54F6N9O8+. The fraction of sp³-hybridized carbons (Fsp3) is 0.333. The van der Waals surface area contributed by atoms with E-state index in [1.807, 2.05) is 12.1 Å². The van der Waals surface area contributed by atoms with E-state index in [-0.39, 0.29) is 88.9 Å². The van der Waals surface area contributed by atoms with E-state index in [2.05, 4.69) is 10.6 Å². The quantitative estimate of drug-likeness (QED) is 0.0556. The van der Waals surface area contributed by atoms with Gasteiger partial charge in [-0.25, -0.2) is 19.2 Å². The summed E-state index contributed by atoms with van der Waals surface area (Å²) >= 11 is 0. The molecule has 0 radical (unpaired) electrons. The van der Waals surface area contributed by atoms with Gasteiger partial charge in [0.25, 0.3) is 0 Å². The van der Waals surface area contributed by atoms with E-state index in [9.17, 15) is 65.6 Å². The van der Waals surface area contributed by atoms with Crippen molar-refractivity contribution in [2.24, 2.45) is 0 Å². The highest BCUT2D eigenvalue weighted by molar-refractivity contribution is 6.05. The molecule has 4 aromatic carbocycles.